The average Bonchev–Trinajstić information content (AvgIpc) is 2.01. The molecule has 1 aromatic carbocycles. The van der Waals surface area contributed by atoms with Crippen molar-refractivity contribution in [2.45, 2.75) is 19.9 Å². The lowest BCUT2D eigenvalue weighted by Crippen LogP contribution is -2.20. The first-order valence-corrected chi connectivity index (χ1v) is 5.41. The Morgan fingerprint density at radius 1 is 1.21 bits per heavy atom. The molecule has 78 valence electrons. The Kier molecular flexibility index (Phi) is 3.83. The fraction of sp³-hybridized carbons (Fsp3) is 0.400. The van der Waals surface area contributed by atoms with Crippen molar-refractivity contribution in [2.24, 2.45) is 11.7 Å². The van der Waals surface area contributed by atoms with Gasteiger partial charge in [-0.1, -0.05) is 13.8 Å². The van der Waals surface area contributed by atoms with Crippen molar-refractivity contribution in [1.82, 2.24) is 0 Å². The van der Waals surface area contributed by atoms with E-state index < -0.39 is 17.7 Å². The molecule has 1 atom stereocenters. The minimum absolute atomic E-state index is 0.0130. The predicted octanol–water partition coefficient (Wildman–Crippen LogP) is 3.23. The van der Waals surface area contributed by atoms with Crippen LogP contribution in [0.15, 0.2) is 12.1 Å². The van der Waals surface area contributed by atoms with Gasteiger partial charge in [-0.3, -0.25) is 0 Å². The van der Waals surface area contributed by atoms with Crippen molar-refractivity contribution in [3.63, 3.8) is 0 Å². The van der Waals surface area contributed by atoms with E-state index in [1.54, 1.807) is 0 Å². The minimum atomic E-state index is -0.591. The molecule has 0 aliphatic rings. The van der Waals surface area contributed by atoms with Crippen molar-refractivity contribution in [1.29, 1.82) is 0 Å². The molecule has 0 heterocycles. The molecule has 14 heavy (non-hydrogen) atoms. The summed E-state index contributed by atoms with van der Waals surface area (Å²) in [6.45, 7) is 3.67. The first-order chi connectivity index (χ1) is 6.43. The third-order valence-corrected chi connectivity index (χ3v) is 2.72. The number of hydrogen-bond donors (Lipinski definition) is 1. The smallest absolute Gasteiger partial charge is 0.131 e. The van der Waals surface area contributed by atoms with Gasteiger partial charge in [-0.05, 0) is 40.6 Å². The highest BCUT2D eigenvalue weighted by Crippen LogP contribution is 2.26. The van der Waals surface area contributed by atoms with Crippen LogP contribution in [0.1, 0.15) is 25.5 Å². The van der Waals surface area contributed by atoms with Crippen LogP contribution >= 0.6 is 22.6 Å². The van der Waals surface area contributed by atoms with Gasteiger partial charge >= 0.3 is 0 Å². The summed E-state index contributed by atoms with van der Waals surface area (Å²) >= 11 is 1.87. The van der Waals surface area contributed by atoms with E-state index in [2.05, 4.69) is 0 Å². The summed E-state index contributed by atoms with van der Waals surface area (Å²) < 4.78 is 27.3. The lowest BCUT2D eigenvalue weighted by molar-refractivity contribution is 0.454. The molecule has 0 saturated carbocycles. The minimum Gasteiger partial charge on any atom is -0.324 e. The second-order valence-corrected chi connectivity index (χ2v) is 4.80. The molecule has 0 saturated heterocycles. The summed E-state index contributed by atoms with van der Waals surface area (Å²) in [6.07, 6.45) is 0. The first-order valence-electron chi connectivity index (χ1n) is 4.33. The summed E-state index contributed by atoms with van der Waals surface area (Å²) in [7, 11) is 0. The Morgan fingerprint density at radius 2 is 1.64 bits per heavy atom. The molecule has 1 nitrogen and oxygen atoms in total. The lowest BCUT2D eigenvalue weighted by atomic mass is 9.96. The van der Waals surface area contributed by atoms with Crippen molar-refractivity contribution in [3.05, 3.63) is 32.9 Å². The number of halogens is 3. The average molecular weight is 311 g/mol. The number of rotatable bonds is 2. The normalized spacial score (nSPS) is 13.4. The van der Waals surface area contributed by atoms with Crippen LogP contribution in [0.3, 0.4) is 0 Å². The van der Waals surface area contributed by atoms with Crippen molar-refractivity contribution in [3.8, 4) is 0 Å². The largest absolute Gasteiger partial charge is 0.324 e. The molecule has 0 radical (unpaired) electrons. The molecule has 2 N–H and O–H groups in total. The topological polar surface area (TPSA) is 26.0 Å². The maximum absolute atomic E-state index is 13.4. The Bertz CT molecular complexity index is 316. The number of hydrogen-bond acceptors (Lipinski definition) is 1. The van der Waals surface area contributed by atoms with Gasteiger partial charge < -0.3 is 5.73 Å². The van der Waals surface area contributed by atoms with Gasteiger partial charge in [0.1, 0.15) is 11.6 Å². The zero-order valence-corrected chi connectivity index (χ0v) is 10.2. The Balaban J connectivity index is 3.20. The monoisotopic (exact) mass is 311 g/mol. The first kappa shape index (κ1) is 11.8. The molecule has 1 aromatic rings. The molecule has 1 rings (SSSR count). The summed E-state index contributed by atoms with van der Waals surface area (Å²) in [4.78, 5) is 0. The SMILES string of the molecule is CC(C)[C@H](N)c1c(F)cc(I)cc1F. The molecule has 0 amide bonds. The van der Waals surface area contributed by atoms with Crippen LogP contribution in [0, 0.1) is 21.1 Å². The molecule has 4 heteroatoms. The van der Waals surface area contributed by atoms with Gasteiger partial charge in [0.2, 0.25) is 0 Å². The zero-order chi connectivity index (χ0) is 10.9. The Hall–Kier alpha value is -0.230. The van der Waals surface area contributed by atoms with Gasteiger partial charge in [-0.2, -0.15) is 0 Å². The summed E-state index contributed by atoms with van der Waals surface area (Å²) in [5.74, 6) is -1.11. The van der Waals surface area contributed by atoms with E-state index in [-0.39, 0.29) is 11.5 Å². The second-order valence-electron chi connectivity index (χ2n) is 3.55. The van der Waals surface area contributed by atoms with E-state index in [1.165, 1.54) is 12.1 Å². The van der Waals surface area contributed by atoms with E-state index in [1.807, 2.05) is 36.4 Å². The van der Waals surface area contributed by atoms with Crippen LogP contribution in [0.4, 0.5) is 8.78 Å². The predicted molar refractivity (Wildman–Crippen MR) is 60.8 cm³/mol. The molecule has 0 fully saturated rings. The van der Waals surface area contributed by atoms with Crippen LogP contribution in [0.2, 0.25) is 0 Å². The Morgan fingerprint density at radius 3 is 2.00 bits per heavy atom. The molecule has 0 aromatic heterocycles. The Labute approximate surface area is 95.8 Å². The van der Waals surface area contributed by atoms with Gasteiger partial charge in [0.25, 0.3) is 0 Å². The van der Waals surface area contributed by atoms with Crippen molar-refractivity contribution < 1.29 is 8.78 Å². The standard InChI is InChI=1S/C10H12F2IN/c1-5(2)10(14)9-7(11)3-6(13)4-8(9)12/h3-5,10H,14H2,1-2H3/t10-/m0/s1. The molecule has 0 bridgehead atoms. The van der Waals surface area contributed by atoms with E-state index in [0.29, 0.717) is 3.57 Å². The third-order valence-electron chi connectivity index (χ3n) is 2.10. The van der Waals surface area contributed by atoms with Gasteiger partial charge in [0.15, 0.2) is 0 Å². The molecule has 0 spiro atoms. The van der Waals surface area contributed by atoms with E-state index in [9.17, 15) is 8.78 Å². The molecule has 0 aliphatic heterocycles. The highest BCUT2D eigenvalue weighted by Gasteiger charge is 2.19. The van der Waals surface area contributed by atoms with Crippen LogP contribution < -0.4 is 5.73 Å². The van der Waals surface area contributed by atoms with Gasteiger partial charge in [0.05, 0.1) is 0 Å². The van der Waals surface area contributed by atoms with Gasteiger partial charge in [0, 0.05) is 15.2 Å². The zero-order valence-electron chi connectivity index (χ0n) is 8.02. The number of benzene rings is 1. The molecule has 0 aliphatic carbocycles. The van der Waals surface area contributed by atoms with Crippen molar-refractivity contribution in [2.75, 3.05) is 0 Å². The quantitative estimate of drug-likeness (QED) is 0.834. The van der Waals surface area contributed by atoms with Crippen LogP contribution in [-0.2, 0) is 0 Å². The number of nitrogens with two attached hydrogens (primary N) is 1. The fourth-order valence-electron chi connectivity index (χ4n) is 1.21. The third kappa shape index (κ3) is 2.42. The maximum Gasteiger partial charge on any atom is 0.131 e. The summed E-state index contributed by atoms with van der Waals surface area (Å²) in [6, 6.07) is 1.99. The maximum atomic E-state index is 13.4. The lowest BCUT2D eigenvalue weighted by Gasteiger charge is -2.17. The molecule has 0 unspecified atom stereocenters. The van der Waals surface area contributed by atoms with E-state index in [4.69, 9.17) is 5.73 Å². The van der Waals surface area contributed by atoms with E-state index in [0.717, 1.165) is 0 Å². The van der Waals surface area contributed by atoms with Crippen LogP contribution in [0.5, 0.6) is 0 Å². The molecular formula is C10H12F2IN. The van der Waals surface area contributed by atoms with Crippen LogP contribution in [-0.4, -0.2) is 0 Å². The van der Waals surface area contributed by atoms with E-state index >= 15 is 0 Å². The van der Waals surface area contributed by atoms with Crippen molar-refractivity contribution >= 4 is 22.6 Å². The summed E-state index contributed by atoms with van der Waals surface area (Å²) in [5.41, 5.74) is 5.69. The summed E-state index contributed by atoms with van der Waals surface area (Å²) in [5, 5.41) is 0. The second kappa shape index (κ2) is 4.53. The molecular weight excluding hydrogens is 299 g/mol. The fourth-order valence-corrected chi connectivity index (χ4v) is 1.75. The van der Waals surface area contributed by atoms with Gasteiger partial charge in [-0.25, -0.2) is 8.78 Å². The highest BCUT2D eigenvalue weighted by atomic mass is 127. The van der Waals surface area contributed by atoms with Gasteiger partial charge in [-0.15, -0.1) is 0 Å². The van der Waals surface area contributed by atoms with Crippen LogP contribution in [0.25, 0.3) is 0 Å². The highest BCUT2D eigenvalue weighted by molar-refractivity contribution is 14.1.